The number of benzene rings is 1. The molecule has 0 aliphatic carbocycles. The molecule has 0 unspecified atom stereocenters. The van der Waals surface area contributed by atoms with Crippen LogP contribution in [0.4, 0.5) is 0 Å². The minimum atomic E-state index is -0.898. The van der Waals surface area contributed by atoms with E-state index in [0.29, 0.717) is 5.56 Å². The maximum Gasteiger partial charge on any atom is 0.335 e. The van der Waals surface area contributed by atoms with E-state index < -0.39 is 5.97 Å². The molecule has 0 aliphatic heterocycles. The lowest BCUT2D eigenvalue weighted by molar-refractivity contribution is 0.0697. The Balaban J connectivity index is 1.43. The number of nitrogens with one attached hydrogen (secondary N) is 1. The molecule has 0 radical (unpaired) electrons. The summed E-state index contributed by atoms with van der Waals surface area (Å²) in [6.07, 6.45) is 21.5. The van der Waals surface area contributed by atoms with Gasteiger partial charge >= 0.3 is 5.97 Å². The Morgan fingerprint density at radius 2 is 1.34 bits per heavy atom. The number of aryl methyl sites for hydroxylation is 1. The Bertz CT molecular complexity index is 708. The highest BCUT2D eigenvalue weighted by Crippen LogP contribution is 2.17. The number of imidazole rings is 1. The van der Waals surface area contributed by atoms with E-state index in [1.807, 2.05) is 0 Å². The molecule has 4 heteroatoms. The maximum absolute atomic E-state index is 11.0. The Labute approximate surface area is 176 Å². The van der Waals surface area contributed by atoms with Gasteiger partial charge in [0, 0.05) is 6.42 Å². The van der Waals surface area contributed by atoms with Crippen LogP contribution in [-0.4, -0.2) is 21.0 Å². The number of aromatic nitrogens is 2. The normalized spacial score (nSPS) is 11.3. The topological polar surface area (TPSA) is 66.0 Å². The van der Waals surface area contributed by atoms with Crippen molar-refractivity contribution in [3.8, 4) is 0 Å². The molecule has 0 atom stereocenters. The average molecular weight is 401 g/mol. The Morgan fingerprint density at radius 3 is 1.86 bits per heavy atom. The molecule has 1 aromatic heterocycles. The van der Waals surface area contributed by atoms with Crippen molar-refractivity contribution in [1.29, 1.82) is 0 Å². The van der Waals surface area contributed by atoms with Gasteiger partial charge in [0.1, 0.15) is 5.82 Å². The van der Waals surface area contributed by atoms with E-state index in [1.54, 1.807) is 18.2 Å². The molecule has 2 rings (SSSR count). The zero-order chi connectivity index (χ0) is 20.7. The van der Waals surface area contributed by atoms with E-state index in [9.17, 15) is 4.79 Å². The number of nitrogens with zero attached hydrogens (tertiary/aromatic N) is 1. The minimum absolute atomic E-state index is 0.305. The molecule has 0 aliphatic rings. The second-order valence-corrected chi connectivity index (χ2v) is 8.42. The van der Waals surface area contributed by atoms with E-state index in [2.05, 4.69) is 16.9 Å². The third-order valence-electron chi connectivity index (χ3n) is 5.80. The third kappa shape index (κ3) is 9.47. The molecule has 1 aromatic carbocycles. The zero-order valence-corrected chi connectivity index (χ0v) is 18.3. The fourth-order valence-corrected chi connectivity index (χ4v) is 3.98. The number of aromatic amines is 1. The van der Waals surface area contributed by atoms with Gasteiger partial charge < -0.3 is 10.1 Å². The summed E-state index contributed by atoms with van der Waals surface area (Å²) in [6.45, 7) is 2.28. The van der Waals surface area contributed by atoms with Crippen molar-refractivity contribution < 1.29 is 9.90 Å². The summed E-state index contributed by atoms with van der Waals surface area (Å²) in [5.41, 5.74) is 1.98. The van der Waals surface area contributed by atoms with E-state index in [1.165, 1.54) is 89.9 Å². The summed E-state index contributed by atoms with van der Waals surface area (Å²) >= 11 is 0. The predicted octanol–water partition coefficient (Wildman–Crippen LogP) is 7.68. The first-order valence-corrected chi connectivity index (χ1v) is 11.9. The fraction of sp³-hybridized carbons (Fsp3) is 0.680. The van der Waals surface area contributed by atoms with Crippen molar-refractivity contribution in [2.45, 2.75) is 110 Å². The first-order valence-electron chi connectivity index (χ1n) is 11.9. The highest BCUT2D eigenvalue weighted by molar-refractivity contribution is 5.92. The van der Waals surface area contributed by atoms with Gasteiger partial charge in [-0.25, -0.2) is 9.78 Å². The number of hydrogen-bond acceptors (Lipinski definition) is 2. The largest absolute Gasteiger partial charge is 0.478 e. The van der Waals surface area contributed by atoms with Gasteiger partial charge in [0.15, 0.2) is 0 Å². The van der Waals surface area contributed by atoms with Crippen LogP contribution < -0.4 is 0 Å². The van der Waals surface area contributed by atoms with Gasteiger partial charge in [0.05, 0.1) is 16.6 Å². The van der Waals surface area contributed by atoms with Crippen LogP contribution in [0.25, 0.3) is 11.0 Å². The SMILES string of the molecule is CCCCCCCCCCCCCCCCCc1nc2ccc(C(=O)O)cc2[nH]1. The quantitative estimate of drug-likeness (QED) is 0.268. The number of carboxylic acids is 1. The summed E-state index contributed by atoms with van der Waals surface area (Å²) in [7, 11) is 0. The van der Waals surface area contributed by atoms with Crippen molar-refractivity contribution in [3.05, 3.63) is 29.6 Å². The van der Waals surface area contributed by atoms with E-state index in [0.717, 1.165) is 29.7 Å². The number of carbonyl (C=O) groups is 1. The standard InChI is InChI=1S/C25H40N2O2/c1-2-3-4-5-6-7-8-9-10-11-12-13-14-15-16-17-24-26-22-19-18-21(25(28)29)20-23(22)27-24/h18-20H,2-17H2,1H3,(H,26,27)(H,28,29). The number of aromatic carboxylic acids is 1. The van der Waals surface area contributed by atoms with Crippen molar-refractivity contribution in [2.24, 2.45) is 0 Å². The van der Waals surface area contributed by atoms with E-state index in [-0.39, 0.29) is 0 Å². The predicted molar refractivity (Wildman–Crippen MR) is 122 cm³/mol. The molecule has 4 nitrogen and oxygen atoms in total. The zero-order valence-electron chi connectivity index (χ0n) is 18.3. The summed E-state index contributed by atoms with van der Waals surface area (Å²) < 4.78 is 0. The van der Waals surface area contributed by atoms with Crippen LogP contribution in [0.3, 0.4) is 0 Å². The van der Waals surface area contributed by atoms with Gasteiger partial charge in [-0.15, -0.1) is 0 Å². The Hall–Kier alpha value is -1.84. The molecule has 0 saturated carbocycles. The fourth-order valence-electron chi connectivity index (χ4n) is 3.98. The molecule has 0 amide bonds. The molecule has 0 fully saturated rings. The van der Waals surface area contributed by atoms with Crippen molar-refractivity contribution in [3.63, 3.8) is 0 Å². The lowest BCUT2D eigenvalue weighted by Gasteiger charge is -2.03. The van der Waals surface area contributed by atoms with Crippen LogP contribution in [-0.2, 0) is 6.42 Å². The van der Waals surface area contributed by atoms with Crippen LogP contribution in [0.5, 0.6) is 0 Å². The number of carboxylic acid groups (broad SMARTS) is 1. The molecule has 0 bridgehead atoms. The maximum atomic E-state index is 11.0. The smallest absolute Gasteiger partial charge is 0.335 e. The highest BCUT2D eigenvalue weighted by Gasteiger charge is 2.07. The Kier molecular flexibility index (Phi) is 11.5. The van der Waals surface area contributed by atoms with Crippen LogP contribution in [0.15, 0.2) is 18.2 Å². The van der Waals surface area contributed by atoms with Crippen molar-refractivity contribution >= 4 is 17.0 Å². The van der Waals surface area contributed by atoms with Gasteiger partial charge in [-0.1, -0.05) is 96.8 Å². The second-order valence-electron chi connectivity index (χ2n) is 8.42. The first-order chi connectivity index (χ1) is 14.2. The minimum Gasteiger partial charge on any atom is -0.478 e. The number of H-pyrrole nitrogens is 1. The van der Waals surface area contributed by atoms with Gasteiger partial charge in [-0.3, -0.25) is 0 Å². The molecule has 2 aromatic rings. The Morgan fingerprint density at radius 1 is 0.828 bits per heavy atom. The van der Waals surface area contributed by atoms with Crippen LogP contribution in [0, 0.1) is 0 Å². The number of fused-ring (bicyclic) bond motifs is 1. The summed E-state index contributed by atoms with van der Waals surface area (Å²) in [6, 6.07) is 5.06. The van der Waals surface area contributed by atoms with Gasteiger partial charge in [-0.05, 0) is 24.6 Å². The van der Waals surface area contributed by atoms with E-state index >= 15 is 0 Å². The molecule has 162 valence electrons. The van der Waals surface area contributed by atoms with E-state index in [4.69, 9.17) is 5.11 Å². The second kappa shape index (κ2) is 14.2. The van der Waals surface area contributed by atoms with Crippen LogP contribution in [0.2, 0.25) is 0 Å². The summed E-state index contributed by atoms with van der Waals surface area (Å²) in [5.74, 6) is 0.0719. The first kappa shape index (κ1) is 23.4. The van der Waals surface area contributed by atoms with Gasteiger partial charge in [-0.2, -0.15) is 0 Å². The number of rotatable bonds is 17. The lowest BCUT2D eigenvalue weighted by atomic mass is 10.0. The number of hydrogen-bond donors (Lipinski definition) is 2. The third-order valence-corrected chi connectivity index (χ3v) is 5.80. The molecule has 2 N–H and O–H groups in total. The summed E-state index contributed by atoms with van der Waals surface area (Å²) in [5, 5.41) is 9.07. The number of unbranched alkanes of at least 4 members (excludes halogenated alkanes) is 14. The van der Waals surface area contributed by atoms with Gasteiger partial charge in [0.2, 0.25) is 0 Å². The molecular formula is C25H40N2O2. The van der Waals surface area contributed by atoms with Crippen LogP contribution in [0.1, 0.15) is 119 Å². The monoisotopic (exact) mass is 400 g/mol. The van der Waals surface area contributed by atoms with Gasteiger partial charge in [0.25, 0.3) is 0 Å². The van der Waals surface area contributed by atoms with Crippen LogP contribution >= 0.6 is 0 Å². The molecule has 0 spiro atoms. The van der Waals surface area contributed by atoms with Crippen molar-refractivity contribution in [1.82, 2.24) is 9.97 Å². The highest BCUT2D eigenvalue weighted by atomic mass is 16.4. The summed E-state index contributed by atoms with van der Waals surface area (Å²) in [4.78, 5) is 18.9. The molecule has 0 saturated heterocycles. The molecular weight excluding hydrogens is 360 g/mol. The van der Waals surface area contributed by atoms with Crippen molar-refractivity contribution in [2.75, 3.05) is 0 Å². The molecule has 1 heterocycles. The molecule has 29 heavy (non-hydrogen) atoms. The lowest BCUT2D eigenvalue weighted by Crippen LogP contribution is -1.94. The average Bonchev–Trinajstić information content (AvgIpc) is 3.12.